The Hall–Kier alpha value is -2.43. The van der Waals surface area contributed by atoms with E-state index in [2.05, 4.69) is 28.6 Å². The van der Waals surface area contributed by atoms with Crippen LogP contribution in [0.4, 0.5) is 0 Å². The highest BCUT2D eigenvalue weighted by molar-refractivity contribution is 8.01. The van der Waals surface area contributed by atoms with Crippen molar-refractivity contribution in [3.05, 3.63) is 48.0 Å². The highest BCUT2D eigenvalue weighted by Crippen LogP contribution is 2.19. The third kappa shape index (κ3) is 42.5. The molecule has 1 aromatic rings. The molecule has 26 heteroatoms. The minimum atomic E-state index is -0.899. The Morgan fingerprint density at radius 2 is 1.20 bits per heavy atom. The fourth-order valence-electron chi connectivity index (χ4n) is 8.12. The number of nitrogens with two attached hydrogens (primary N) is 4. The first kappa shape index (κ1) is 77.7. The van der Waals surface area contributed by atoms with E-state index in [1.807, 2.05) is 97.8 Å². The topological polar surface area (TPSA) is 272 Å². The molecule has 0 saturated heterocycles. The third-order valence-corrected chi connectivity index (χ3v) is 21.7. The number of amides is 4. The molecule has 2 heterocycles. The lowest BCUT2D eigenvalue weighted by molar-refractivity contribution is -0.132. The number of guanidine groups is 2. The van der Waals surface area contributed by atoms with Crippen LogP contribution < -0.4 is 22.9 Å². The Labute approximate surface area is 538 Å². The molecule has 0 radical (unpaired) electrons. The standard InChI is InChI=1S/C58H103N11O7S8/c1-3-5-24-67(25-6-31-77-35-10-38-80-41-17-53(72)66(23-4-2)28-21-63-57(59)60)54(73)20-44-84-48-52(71)51(70)47-83-33-8-27-69-46-50-15-13-49(14-16-50)45-65-76-30-9-34-79-37-12-40-81-42-18-55(74)68(29-22-64-58(61)62)26-7-32-78-36-11-39-82-43-19-56(69)75/h4,13-16,45,51-52,70-71H,2-3,5-12,17-44,46-48H2,1H3,(H4,59,60,63)(H4,61,62,64)/b65-45-. The van der Waals surface area contributed by atoms with E-state index in [-0.39, 0.29) is 35.5 Å². The van der Waals surface area contributed by atoms with Crippen LogP contribution in [0.25, 0.3) is 0 Å². The van der Waals surface area contributed by atoms with Crippen LogP contribution in [0, 0.1) is 0 Å². The van der Waals surface area contributed by atoms with Crippen LogP contribution in [-0.2, 0) is 30.6 Å². The molecule has 0 aliphatic carbocycles. The first-order valence-electron chi connectivity index (χ1n) is 29.9. The Bertz CT molecular complexity index is 1980. The Morgan fingerprint density at radius 3 is 1.85 bits per heavy atom. The van der Waals surface area contributed by atoms with E-state index >= 15 is 0 Å². The molecule has 2 atom stereocenters. The van der Waals surface area contributed by atoms with E-state index in [9.17, 15) is 29.4 Å². The second-order valence-electron chi connectivity index (χ2n) is 19.9. The van der Waals surface area contributed by atoms with Gasteiger partial charge in [-0.1, -0.05) is 48.8 Å². The zero-order chi connectivity index (χ0) is 61.1. The number of hydrogen-bond donors (Lipinski definition) is 6. The van der Waals surface area contributed by atoms with Crippen LogP contribution in [0.15, 0.2) is 52.1 Å². The Morgan fingerprint density at radius 1 is 0.667 bits per heavy atom. The van der Waals surface area contributed by atoms with E-state index in [0.717, 1.165) is 157 Å². The summed E-state index contributed by atoms with van der Waals surface area (Å²) in [5.41, 5.74) is 23.9. The van der Waals surface area contributed by atoms with Crippen molar-refractivity contribution in [1.82, 2.24) is 19.6 Å². The maximum Gasteiger partial charge on any atom is 0.223 e. The number of rotatable bonds is 34. The first-order chi connectivity index (χ1) is 40.8. The first-order valence-corrected chi connectivity index (χ1v) is 39.1. The zero-order valence-electron chi connectivity index (χ0n) is 50.3. The lowest BCUT2D eigenvalue weighted by Gasteiger charge is -2.23. The molecule has 4 amide bonds. The van der Waals surface area contributed by atoms with Crippen molar-refractivity contribution in [2.45, 2.75) is 109 Å². The van der Waals surface area contributed by atoms with Crippen LogP contribution in [0.2, 0.25) is 0 Å². The average Bonchev–Trinajstić information content (AvgIpc) is 3.54. The summed E-state index contributed by atoms with van der Waals surface area (Å²) < 4.78 is 0. The number of aliphatic hydroxyl groups excluding tert-OH is 2. The maximum atomic E-state index is 13.7. The number of nitrogens with zero attached hydrogens (tertiary/aromatic N) is 7. The lowest BCUT2D eigenvalue weighted by atomic mass is 10.1. The Kier molecular flexibility index (Phi) is 49.5. The number of unbranched alkanes of at least 4 members (excludes halogenated alkanes) is 1. The second-order valence-corrected chi connectivity index (χ2v) is 29.6. The van der Waals surface area contributed by atoms with Gasteiger partial charge in [0, 0.05) is 113 Å². The summed E-state index contributed by atoms with van der Waals surface area (Å²) in [6.45, 7) is 11.9. The number of oxime groups is 1. The van der Waals surface area contributed by atoms with Gasteiger partial charge in [-0.05, 0) is 120 Å². The van der Waals surface area contributed by atoms with E-state index in [1.54, 1.807) is 40.7 Å². The molecular weight excluding hydrogens is 1220 g/mol. The quantitative estimate of drug-likeness (QED) is 0.0171. The molecule has 1 aromatic carbocycles. The normalized spacial score (nSPS) is 16.5. The van der Waals surface area contributed by atoms with E-state index < -0.39 is 12.2 Å². The van der Waals surface area contributed by atoms with Gasteiger partial charge in [0.05, 0.1) is 31.5 Å². The molecule has 84 heavy (non-hydrogen) atoms. The minimum Gasteiger partial charge on any atom is -0.396 e. The van der Waals surface area contributed by atoms with Gasteiger partial charge >= 0.3 is 0 Å². The van der Waals surface area contributed by atoms with Crippen molar-refractivity contribution in [2.24, 2.45) is 38.1 Å². The van der Waals surface area contributed by atoms with Crippen LogP contribution in [0.1, 0.15) is 102 Å². The number of carbonyl (C=O) groups excluding carboxylic acids is 4. The van der Waals surface area contributed by atoms with Crippen molar-refractivity contribution >= 4 is 136 Å². The smallest absolute Gasteiger partial charge is 0.223 e. The highest BCUT2D eigenvalue weighted by Gasteiger charge is 2.20. The molecule has 0 spiro atoms. The van der Waals surface area contributed by atoms with Gasteiger partial charge in [0.1, 0.15) is 6.61 Å². The molecule has 2 bridgehead atoms. The van der Waals surface area contributed by atoms with Gasteiger partial charge in [0.15, 0.2) is 11.9 Å². The van der Waals surface area contributed by atoms with Crippen molar-refractivity contribution in [3.8, 4) is 0 Å². The van der Waals surface area contributed by atoms with E-state index in [4.69, 9.17) is 27.8 Å². The summed E-state index contributed by atoms with van der Waals surface area (Å²) in [6, 6.07) is 8.08. The predicted octanol–water partition coefficient (Wildman–Crippen LogP) is 7.28. The maximum absolute atomic E-state index is 13.7. The van der Waals surface area contributed by atoms with E-state index in [1.165, 1.54) is 11.8 Å². The molecule has 10 N–H and O–H groups in total. The molecular formula is C58H103N11O7S8. The predicted molar refractivity (Wildman–Crippen MR) is 373 cm³/mol. The number of thioether (sulfide) groups is 8. The fourth-order valence-corrected chi connectivity index (χ4v) is 15.8. The fraction of sp³-hybridized carbons (Fsp3) is 0.741. The van der Waals surface area contributed by atoms with Gasteiger partial charge in [-0.15, -0.1) is 6.58 Å². The monoisotopic (exact) mass is 1320 g/mol. The number of benzene rings is 1. The van der Waals surface area contributed by atoms with Crippen molar-refractivity contribution < 1.29 is 34.2 Å². The molecule has 2 aliphatic rings. The Balaban J connectivity index is 1.77. The van der Waals surface area contributed by atoms with Gasteiger partial charge in [-0.3, -0.25) is 29.2 Å². The number of aliphatic imine (C=N–C) groups is 2. The van der Waals surface area contributed by atoms with Crippen molar-refractivity contribution in [2.75, 3.05) is 158 Å². The zero-order valence-corrected chi connectivity index (χ0v) is 56.8. The summed E-state index contributed by atoms with van der Waals surface area (Å²) in [7, 11) is 0. The average molecular weight is 1320 g/mol. The summed E-state index contributed by atoms with van der Waals surface area (Å²) in [6.07, 6.45) is 12.2. The van der Waals surface area contributed by atoms with Crippen LogP contribution in [-0.4, -0.2) is 241 Å². The van der Waals surface area contributed by atoms with Crippen molar-refractivity contribution in [3.63, 3.8) is 0 Å². The molecule has 2 unspecified atom stereocenters. The highest BCUT2D eigenvalue weighted by atomic mass is 32.2. The number of aliphatic hydroxyl groups is 2. The summed E-state index contributed by atoms with van der Waals surface area (Å²) in [5.74, 6) is 14.0. The minimum absolute atomic E-state index is 0.0195. The molecule has 18 nitrogen and oxygen atoms in total. The van der Waals surface area contributed by atoms with Gasteiger partial charge in [-0.25, -0.2) is 0 Å². The molecule has 3 rings (SSSR count). The van der Waals surface area contributed by atoms with Crippen molar-refractivity contribution in [1.29, 1.82) is 0 Å². The molecule has 0 saturated carbocycles. The summed E-state index contributed by atoms with van der Waals surface area (Å²) in [4.78, 5) is 74.0. The van der Waals surface area contributed by atoms with Crippen LogP contribution >= 0.6 is 94.1 Å². The van der Waals surface area contributed by atoms with Gasteiger partial charge in [0.2, 0.25) is 23.6 Å². The summed E-state index contributed by atoms with van der Waals surface area (Å²) >= 11 is 14.2. The lowest BCUT2D eigenvalue weighted by Crippen LogP contribution is -2.35. The molecule has 480 valence electrons. The number of carbonyl (C=O) groups is 4. The largest absolute Gasteiger partial charge is 0.396 e. The summed E-state index contributed by atoms with van der Waals surface area (Å²) in [5, 5.41) is 25.9. The van der Waals surface area contributed by atoms with Gasteiger partial charge in [0.25, 0.3) is 0 Å². The van der Waals surface area contributed by atoms with Crippen LogP contribution in [0.3, 0.4) is 0 Å². The second kappa shape index (κ2) is 53.6. The number of hydrogen-bond acceptors (Lipinski definition) is 18. The molecule has 2 aliphatic heterocycles. The van der Waals surface area contributed by atoms with Gasteiger partial charge < -0.3 is 57.6 Å². The SMILES string of the molecule is C=CCN(CCN=C(N)N)C(=O)CCSCCCSCCCN(CCCC)C(=O)CCSCC(O)C(O)CSCCCN1Cc2ccc(cc2)/C=N\OCCCSCCCSCCC(=O)N(CCN=C(N)N)CCCSCCCSCCC1=O. The molecule has 0 fully saturated rings. The van der Waals surface area contributed by atoms with E-state index in [0.29, 0.717) is 102 Å². The number of fused-ring (bicyclic) bond motifs is 28. The van der Waals surface area contributed by atoms with Gasteiger partial charge in [-0.2, -0.15) is 94.1 Å². The van der Waals surface area contributed by atoms with Crippen LogP contribution in [0.5, 0.6) is 0 Å². The molecule has 0 aromatic heterocycles. The third-order valence-electron chi connectivity index (χ3n) is 12.8.